The predicted octanol–water partition coefficient (Wildman–Crippen LogP) is 5.64. The molecule has 0 aliphatic heterocycles. The second-order valence-corrected chi connectivity index (χ2v) is 6.09. The van der Waals surface area contributed by atoms with Crippen LogP contribution in [0.5, 0.6) is 0 Å². The number of hydrogen-bond acceptors (Lipinski definition) is 1. The zero-order valence-electron chi connectivity index (χ0n) is 12.6. The first-order chi connectivity index (χ1) is 8.61. The molecule has 2 heteroatoms. The van der Waals surface area contributed by atoms with Crippen molar-refractivity contribution in [2.75, 3.05) is 0 Å². The molecule has 0 aromatic rings. The van der Waals surface area contributed by atoms with Crippen molar-refractivity contribution in [1.29, 1.82) is 0 Å². The van der Waals surface area contributed by atoms with Crippen molar-refractivity contribution in [3.8, 4) is 0 Å². The normalized spacial score (nSPS) is 14.4. The maximum Gasteiger partial charge on any atom is 0.188 e. The van der Waals surface area contributed by atoms with Crippen molar-refractivity contribution in [1.82, 2.24) is 0 Å². The molecule has 0 aliphatic carbocycles. The Bertz CT molecular complexity index is 203. The first kappa shape index (κ1) is 18.0. The third kappa shape index (κ3) is 9.99. The molecule has 0 N–H and O–H groups in total. The Hall–Kier alpha value is 0.0200. The summed E-state index contributed by atoms with van der Waals surface area (Å²) in [6, 6.07) is 0. The molecule has 0 aliphatic rings. The van der Waals surface area contributed by atoms with E-state index in [-0.39, 0.29) is 11.0 Å². The van der Waals surface area contributed by atoms with Crippen LogP contribution in [-0.4, -0.2) is 5.12 Å². The lowest BCUT2D eigenvalue weighted by molar-refractivity contribution is -0.113. The molecule has 0 bridgehead atoms. The largest absolute Gasteiger partial charge is 0.287 e. The van der Waals surface area contributed by atoms with Gasteiger partial charge in [0.2, 0.25) is 0 Å². The number of carbonyl (C=O) groups is 1. The predicted molar refractivity (Wildman–Crippen MR) is 84.2 cm³/mol. The second kappa shape index (κ2) is 12.1. The van der Waals surface area contributed by atoms with Gasteiger partial charge in [0.05, 0.1) is 0 Å². The van der Waals surface area contributed by atoms with Gasteiger partial charge >= 0.3 is 0 Å². The zero-order chi connectivity index (χ0) is 13.8. The average molecular weight is 272 g/mol. The van der Waals surface area contributed by atoms with Gasteiger partial charge in [0, 0.05) is 5.92 Å². The molecule has 0 spiro atoms. The van der Waals surface area contributed by atoms with E-state index in [4.69, 9.17) is 0 Å². The van der Waals surface area contributed by atoms with Crippen molar-refractivity contribution in [2.45, 2.75) is 85.0 Å². The molecule has 1 nitrogen and oxygen atoms in total. The summed E-state index contributed by atoms with van der Waals surface area (Å²) in [5.74, 6) is 1.09. The Balaban J connectivity index is 3.40. The Labute approximate surface area is 120 Å². The zero-order valence-corrected chi connectivity index (χ0v) is 13.5. The highest BCUT2D eigenvalue weighted by molar-refractivity contribution is 7.96. The van der Waals surface area contributed by atoms with Gasteiger partial charge in [-0.25, -0.2) is 0 Å². The molecule has 108 valence electrons. The molecule has 0 radical (unpaired) electrons. The van der Waals surface area contributed by atoms with E-state index < -0.39 is 0 Å². The van der Waals surface area contributed by atoms with Gasteiger partial charge in [-0.15, -0.1) is 12.6 Å². The molecule has 0 heterocycles. The van der Waals surface area contributed by atoms with Crippen LogP contribution in [0.4, 0.5) is 0 Å². The second-order valence-electron chi connectivity index (χ2n) is 5.65. The lowest BCUT2D eigenvalue weighted by Gasteiger charge is -2.14. The van der Waals surface area contributed by atoms with E-state index in [1.54, 1.807) is 0 Å². The molecule has 0 rings (SSSR count). The Morgan fingerprint density at radius 3 is 2.00 bits per heavy atom. The van der Waals surface area contributed by atoms with Gasteiger partial charge in [-0.3, -0.25) is 4.79 Å². The van der Waals surface area contributed by atoms with Crippen molar-refractivity contribution < 1.29 is 4.79 Å². The monoisotopic (exact) mass is 272 g/mol. The highest BCUT2D eigenvalue weighted by Gasteiger charge is 2.08. The van der Waals surface area contributed by atoms with Crippen LogP contribution in [0.25, 0.3) is 0 Å². The van der Waals surface area contributed by atoms with E-state index in [0.717, 1.165) is 12.3 Å². The van der Waals surface area contributed by atoms with Crippen molar-refractivity contribution in [3.05, 3.63) is 0 Å². The molecular formula is C16H32OS. The fourth-order valence-corrected chi connectivity index (χ4v) is 2.54. The van der Waals surface area contributed by atoms with Crippen molar-refractivity contribution in [2.24, 2.45) is 11.8 Å². The van der Waals surface area contributed by atoms with Crippen LogP contribution in [-0.2, 0) is 4.79 Å². The number of hydrogen-bond donors (Lipinski definition) is 1. The summed E-state index contributed by atoms with van der Waals surface area (Å²) in [5.41, 5.74) is 0. The summed E-state index contributed by atoms with van der Waals surface area (Å²) in [6.45, 7) is 6.57. The van der Waals surface area contributed by atoms with Crippen LogP contribution >= 0.6 is 12.6 Å². The Morgan fingerprint density at radius 2 is 1.50 bits per heavy atom. The van der Waals surface area contributed by atoms with Gasteiger partial charge in [0.25, 0.3) is 0 Å². The molecule has 2 unspecified atom stereocenters. The Kier molecular flexibility index (Phi) is 12.1. The molecule has 18 heavy (non-hydrogen) atoms. The molecule has 0 saturated carbocycles. The molecule has 0 amide bonds. The molecule has 2 atom stereocenters. The highest BCUT2D eigenvalue weighted by atomic mass is 32.1. The number of rotatable bonds is 12. The van der Waals surface area contributed by atoms with E-state index in [1.165, 1.54) is 57.8 Å². The van der Waals surface area contributed by atoms with Crippen LogP contribution < -0.4 is 0 Å². The van der Waals surface area contributed by atoms with Crippen molar-refractivity contribution in [3.63, 3.8) is 0 Å². The van der Waals surface area contributed by atoms with Crippen LogP contribution in [0.3, 0.4) is 0 Å². The van der Waals surface area contributed by atoms with Gasteiger partial charge in [0.15, 0.2) is 5.12 Å². The van der Waals surface area contributed by atoms with Gasteiger partial charge < -0.3 is 0 Å². The quantitative estimate of drug-likeness (QED) is 0.359. The van der Waals surface area contributed by atoms with Crippen LogP contribution in [0.1, 0.15) is 85.0 Å². The highest BCUT2D eigenvalue weighted by Crippen LogP contribution is 2.21. The summed E-state index contributed by atoms with van der Waals surface area (Å²) in [6.07, 6.45) is 13.0. The molecule has 0 aromatic carbocycles. The maximum absolute atomic E-state index is 11.0. The third-order valence-corrected chi connectivity index (χ3v) is 4.41. The molecule has 0 aromatic heterocycles. The van der Waals surface area contributed by atoms with Crippen molar-refractivity contribution >= 4 is 17.7 Å². The lowest BCUT2D eigenvalue weighted by Crippen LogP contribution is -2.03. The number of unbranched alkanes of at least 4 members (excludes halogenated alkanes) is 4. The minimum atomic E-state index is 0.0422. The lowest BCUT2D eigenvalue weighted by atomic mass is 9.93. The standard InChI is InChI=1S/C16H32OS/c1-4-6-12-15(5-2)13-10-8-7-9-11-14(3)16(17)18/h14-15H,4-13H2,1-3H3,(H,17,18). The van der Waals surface area contributed by atoms with E-state index in [9.17, 15) is 4.79 Å². The van der Waals surface area contributed by atoms with E-state index in [0.29, 0.717) is 0 Å². The third-order valence-electron chi connectivity index (χ3n) is 3.96. The molecule has 0 fully saturated rings. The SMILES string of the molecule is CCCCC(CC)CCCCCCC(C)C(=O)S. The van der Waals surface area contributed by atoms with Crippen LogP contribution in [0.15, 0.2) is 0 Å². The maximum atomic E-state index is 11.0. The van der Waals surface area contributed by atoms with Gasteiger partial charge in [-0.05, 0) is 12.3 Å². The number of carbonyl (C=O) groups excluding carboxylic acids is 1. The smallest absolute Gasteiger partial charge is 0.188 e. The summed E-state index contributed by atoms with van der Waals surface area (Å²) in [5, 5.41) is 0.0422. The fraction of sp³-hybridized carbons (Fsp3) is 0.938. The summed E-state index contributed by atoms with van der Waals surface area (Å²) in [4.78, 5) is 11.0. The van der Waals surface area contributed by atoms with E-state index >= 15 is 0 Å². The minimum absolute atomic E-state index is 0.0422. The minimum Gasteiger partial charge on any atom is -0.287 e. The topological polar surface area (TPSA) is 17.1 Å². The summed E-state index contributed by atoms with van der Waals surface area (Å²) in [7, 11) is 0. The summed E-state index contributed by atoms with van der Waals surface area (Å²) >= 11 is 3.87. The van der Waals surface area contributed by atoms with Gasteiger partial charge in [0.1, 0.15) is 0 Å². The first-order valence-electron chi connectivity index (χ1n) is 7.84. The van der Waals surface area contributed by atoms with E-state index in [1.807, 2.05) is 6.92 Å². The van der Waals surface area contributed by atoms with Gasteiger partial charge in [-0.1, -0.05) is 78.6 Å². The van der Waals surface area contributed by atoms with Gasteiger partial charge in [-0.2, -0.15) is 0 Å². The van der Waals surface area contributed by atoms with Crippen LogP contribution in [0, 0.1) is 11.8 Å². The number of thiol groups is 1. The van der Waals surface area contributed by atoms with E-state index in [2.05, 4.69) is 26.5 Å². The fourth-order valence-electron chi connectivity index (χ4n) is 2.41. The summed E-state index contributed by atoms with van der Waals surface area (Å²) < 4.78 is 0. The molecule has 0 saturated heterocycles. The first-order valence-corrected chi connectivity index (χ1v) is 8.29. The van der Waals surface area contributed by atoms with Crippen LogP contribution in [0.2, 0.25) is 0 Å². The molecular weight excluding hydrogens is 240 g/mol. The Morgan fingerprint density at radius 1 is 0.944 bits per heavy atom. The average Bonchev–Trinajstić information content (AvgIpc) is 2.36.